The van der Waals surface area contributed by atoms with E-state index in [0.717, 1.165) is 16.5 Å². The lowest BCUT2D eigenvalue weighted by Crippen LogP contribution is -1.71. The summed E-state index contributed by atoms with van der Waals surface area (Å²) < 4.78 is 1.17. The summed E-state index contributed by atoms with van der Waals surface area (Å²) in [6.45, 7) is 0. The largest absolute Gasteiger partial charge is 0.297 e. The number of hydrogen-bond donors (Lipinski definition) is 0. The van der Waals surface area contributed by atoms with E-state index in [1.807, 2.05) is 6.07 Å². The van der Waals surface area contributed by atoms with Gasteiger partial charge in [0.15, 0.2) is 6.29 Å². The topological polar surface area (TPSA) is 17.1 Å². The molecule has 16 heavy (non-hydrogen) atoms. The van der Waals surface area contributed by atoms with Gasteiger partial charge in [-0.25, -0.2) is 0 Å². The van der Waals surface area contributed by atoms with Crippen molar-refractivity contribution in [1.29, 1.82) is 0 Å². The Morgan fingerprint density at radius 2 is 2.00 bits per heavy atom. The van der Waals surface area contributed by atoms with Gasteiger partial charge in [-0.15, -0.1) is 11.3 Å². The standard InChI is InChI=1S/C13H8OS2/c14-7-12-5-10-2-1-9(6-13(10)16-12)11-3-4-15-8-11/h1-8H. The zero-order valence-electron chi connectivity index (χ0n) is 8.34. The average molecular weight is 244 g/mol. The van der Waals surface area contributed by atoms with Crippen molar-refractivity contribution in [3.8, 4) is 11.1 Å². The number of hydrogen-bond acceptors (Lipinski definition) is 3. The van der Waals surface area contributed by atoms with Crippen LogP contribution in [0.25, 0.3) is 21.2 Å². The number of fused-ring (bicyclic) bond motifs is 1. The van der Waals surface area contributed by atoms with Crippen molar-refractivity contribution in [2.24, 2.45) is 0 Å². The first-order chi connectivity index (χ1) is 7.86. The highest BCUT2D eigenvalue weighted by Crippen LogP contribution is 2.30. The Morgan fingerprint density at radius 3 is 2.75 bits per heavy atom. The van der Waals surface area contributed by atoms with Crippen LogP contribution < -0.4 is 0 Å². The average Bonchev–Trinajstić information content (AvgIpc) is 2.96. The minimum absolute atomic E-state index is 0.789. The maximum Gasteiger partial charge on any atom is 0.160 e. The van der Waals surface area contributed by atoms with Crippen LogP contribution in [-0.4, -0.2) is 6.29 Å². The fourth-order valence-electron chi connectivity index (χ4n) is 1.72. The molecule has 0 aliphatic carbocycles. The van der Waals surface area contributed by atoms with Crippen molar-refractivity contribution in [2.75, 3.05) is 0 Å². The SMILES string of the molecule is O=Cc1cc2ccc(-c3ccsc3)cc2s1. The molecule has 0 amide bonds. The van der Waals surface area contributed by atoms with E-state index in [0.29, 0.717) is 0 Å². The fourth-order valence-corrected chi connectivity index (χ4v) is 3.30. The molecule has 2 heterocycles. The Balaban J connectivity index is 2.19. The van der Waals surface area contributed by atoms with Gasteiger partial charge in [-0.2, -0.15) is 11.3 Å². The predicted molar refractivity (Wildman–Crippen MR) is 70.5 cm³/mol. The Morgan fingerprint density at radius 1 is 1.06 bits per heavy atom. The lowest BCUT2D eigenvalue weighted by atomic mass is 10.1. The minimum Gasteiger partial charge on any atom is -0.297 e. The van der Waals surface area contributed by atoms with Crippen LogP contribution in [0, 0.1) is 0 Å². The Kier molecular flexibility index (Phi) is 2.35. The van der Waals surface area contributed by atoms with Crippen LogP contribution in [0.4, 0.5) is 0 Å². The summed E-state index contributed by atoms with van der Waals surface area (Å²) in [6.07, 6.45) is 0.912. The van der Waals surface area contributed by atoms with Gasteiger partial charge < -0.3 is 0 Å². The normalized spacial score (nSPS) is 10.8. The summed E-state index contributed by atoms with van der Waals surface area (Å²) >= 11 is 3.24. The van der Waals surface area contributed by atoms with Crippen molar-refractivity contribution < 1.29 is 4.79 Å². The molecule has 0 radical (unpaired) electrons. The molecule has 3 heteroatoms. The summed E-state index contributed by atoms with van der Waals surface area (Å²) in [5.74, 6) is 0. The molecule has 0 unspecified atom stereocenters. The highest BCUT2D eigenvalue weighted by atomic mass is 32.1. The highest BCUT2D eigenvalue weighted by molar-refractivity contribution is 7.20. The van der Waals surface area contributed by atoms with E-state index in [2.05, 4.69) is 35.0 Å². The molecule has 1 aromatic carbocycles. The smallest absolute Gasteiger partial charge is 0.160 e. The van der Waals surface area contributed by atoms with Crippen molar-refractivity contribution >= 4 is 39.0 Å². The molecular formula is C13H8OS2. The molecule has 0 fully saturated rings. The fraction of sp³-hybridized carbons (Fsp3) is 0. The maximum absolute atomic E-state index is 10.7. The summed E-state index contributed by atoms with van der Waals surface area (Å²) in [7, 11) is 0. The monoisotopic (exact) mass is 244 g/mol. The van der Waals surface area contributed by atoms with E-state index >= 15 is 0 Å². The van der Waals surface area contributed by atoms with Gasteiger partial charge in [0, 0.05) is 4.70 Å². The second-order valence-electron chi connectivity index (χ2n) is 3.53. The molecule has 78 valence electrons. The van der Waals surface area contributed by atoms with E-state index < -0.39 is 0 Å². The number of aldehydes is 1. The number of thiophene rings is 2. The molecule has 0 saturated carbocycles. The second kappa shape index (κ2) is 3.85. The van der Waals surface area contributed by atoms with Crippen LogP contribution in [0.5, 0.6) is 0 Å². The van der Waals surface area contributed by atoms with E-state index in [-0.39, 0.29) is 0 Å². The molecule has 3 rings (SSSR count). The summed E-state index contributed by atoms with van der Waals surface area (Å²) in [4.78, 5) is 11.5. The third-order valence-electron chi connectivity index (χ3n) is 2.51. The van der Waals surface area contributed by atoms with E-state index in [4.69, 9.17) is 0 Å². The number of benzene rings is 1. The Bertz CT molecular complexity index is 635. The quantitative estimate of drug-likeness (QED) is 0.609. The van der Waals surface area contributed by atoms with E-state index in [1.165, 1.54) is 15.8 Å². The number of rotatable bonds is 2. The first-order valence-electron chi connectivity index (χ1n) is 4.88. The number of carbonyl (C=O) groups is 1. The molecule has 0 aliphatic heterocycles. The van der Waals surface area contributed by atoms with Crippen LogP contribution in [0.2, 0.25) is 0 Å². The second-order valence-corrected chi connectivity index (χ2v) is 5.43. The van der Waals surface area contributed by atoms with Crippen LogP contribution in [0.3, 0.4) is 0 Å². The third kappa shape index (κ3) is 1.58. The molecule has 0 atom stereocenters. The Labute approximate surface area is 101 Å². The summed E-state index contributed by atoms with van der Waals surface area (Å²) in [5.41, 5.74) is 2.46. The van der Waals surface area contributed by atoms with E-state index in [9.17, 15) is 4.79 Å². The minimum atomic E-state index is 0.789. The molecule has 0 N–H and O–H groups in total. The van der Waals surface area contributed by atoms with Crippen molar-refractivity contribution in [3.63, 3.8) is 0 Å². The zero-order chi connectivity index (χ0) is 11.0. The van der Waals surface area contributed by atoms with Gasteiger partial charge >= 0.3 is 0 Å². The zero-order valence-corrected chi connectivity index (χ0v) is 9.98. The van der Waals surface area contributed by atoms with Crippen molar-refractivity contribution in [1.82, 2.24) is 0 Å². The predicted octanol–water partition coefficient (Wildman–Crippen LogP) is 4.44. The molecular weight excluding hydrogens is 236 g/mol. The van der Waals surface area contributed by atoms with Gasteiger partial charge in [0.05, 0.1) is 4.88 Å². The lowest BCUT2D eigenvalue weighted by Gasteiger charge is -1.97. The molecule has 0 bridgehead atoms. The molecule has 1 nitrogen and oxygen atoms in total. The van der Waals surface area contributed by atoms with Crippen molar-refractivity contribution in [3.05, 3.63) is 46.0 Å². The van der Waals surface area contributed by atoms with Crippen LogP contribution in [0.15, 0.2) is 41.1 Å². The highest BCUT2D eigenvalue weighted by Gasteiger charge is 2.03. The molecule has 0 aliphatic rings. The van der Waals surface area contributed by atoms with Gasteiger partial charge in [-0.1, -0.05) is 12.1 Å². The Hall–Kier alpha value is -1.45. The molecule has 0 saturated heterocycles. The maximum atomic E-state index is 10.7. The summed E-state index contributed by atoms with van der Waals surface area (Å²) in [5, 5.41) is 5.35. The van der Waals surface area contributed by atoms with Crippen LogP contribution in [-0.2, 0) is 0 Å². The lowest BCUT2D eigenvalue weighted by molar-refractivity contribution is 0.112. The summed E-state index contributed by atoms with van der Waals surface area (Å²) in [6, 6.07) is 10.4. The first kappa shape index (κ1) is 9.75. The van der Waals surface area contributed by atoms with Gasteiger partial charge in [0.1, 0.15) is 0 Å². The molecule has 0 spiro atoms. The van der Waals surface area contributed by atoms with E-state index in [1.54, 1.807) is 22.7 Å². The van der Waals surface area contributed by atoms with Gasteiger partial charge in [-0.05, 0) is 45.5 Å². The number of carbonyl (C=O) groups excluding carboxylic acids is 1. The van der Waals surface area contributed by atoms with Gasteiger partial charge in [-0.3, -0.25) is 4.79 Å². The third-order valence-corrected chi connectivity index (χ3v) is 4.22. The molecule has 2 aromatic heterocycles. The van der Waals surface area contributed by atoms with Crippen molar-refractivity contribution in [2.45, 2.75) is 0 Å². The van der Waals surface area contributed by atoms with Gasteiger partial charge in [0.25, 0.3) is 0 Å². The molecule has 3 aromatic rings. The van der Waals surface area contributed by atoms with Gasteiger partial charge in [0.2, 0.25) is 0 Å². The first-order valence-corrected chi connectivity index (χ1v) is 6.64. The van der Waals surface area contributed by atoms with Crippen LogP contribution in [0.1, 0.15) is 9.67 Å². The van der Waals surface area contributed by atoms with Crippen LogP contribution >= 0.6 is 22.7 Å².